The lowest BCUT2D eigenvalue weighted by atomic mass is 10.0. The van der Waals surface area contributed by atoms with E-state index in [0.29, 0.717) is 5.39 Å². The number of benzene rings is 1. The first-order valence-electron chi connectivity index (χ1n) is 8.10. The van der Waals surface area contributed by atoms with E-state index in [-0.39, 0.29) is 40.9 Å². The molecule has 1 amide bonds. The van der Waals surface area contributed by atoms with Gasteiger partial charge < -0.3 is 10.4 Å². The molecule has 1 fully saturated rings. The first kappa shape index (κ1) is 18.0. The maximum atomic E-state index is 13.1. The second-order valence-corrected chi connectivity index (χ2v) is 6.20. The number of fused-ring (bicyclic) bond motifs is 1. The van der Waals surface area contributed by atoms with Gasteiger partial charge in [-0.05, 0) is 48.6 Å². The molecule has 0 bridgehead atoms. The third kappa shape index (κ3) is 4.04. The SMILES string of the molecule is C=C(c1nc(/C=C/CNC(=O)C2CC2)cc2cc(O)ccc12)C(F)(F)F. The quantitative estimate of drug-likeness (QED) is 0.843. The van der Waals surface area contributed by atoms with Crippen molar-refractivity contribution < 1.29 is 23.1 Å². The summed E-state index contributed by atoms with van der Waals surface area (Å²) in [5.41, 5.74) is -1.05. The molecule has 0 aliphatic heterocycles. The van der Waals surface area contributed by atoms with E-state index >= 15 is 0 Å². The number of halogens is 3. The molecule has 1 heterocycles. The van der Waals surface area contributed by atoms with Crippen LogP contribution in [0.4, 0.5) is 13.2 Å². The highest BCUT2D eigenvalue weighted by atomic mass is 19.4. The van der Waals surface area contributed by atoms with Gasteiger partial charge in [0.15, 0.2) is 0 Å². The number of amides is 1. The molecular weight excluding hydrogens is 345 g/mol. The largest absolute Gasteiger partial charge is 0.508 e. The number of rotatable bonds is 5. The van der Waals surface area contributed by atoms with Crippen LogP contribution < -0.4 is 5.32 Å². The molecule has 1 saturated carbocycles. The second kappa shape index (κ2) is 6.82. The fourth-order valence-corrected chi connectivity index (χ4v) is 2.54. The zero-order valence-electron chi connectivity index (χ0n) is 13.8. The highest BCUT2D eigenvalue weighted by molar-refractivity contribution is 5.94. The van der Waals surface area contributed by atoms with Crippen LogP contribution in [-0.2, 0) is 4.79 Å². The monoisotopic (exact) mass is 362 g/mol. The Morgan fingerprint density at radius 3 is 2.73 bits per heavy atom. The summed E-state index contributed by atoms with van der Waals surface area (Å²) in [6.45, 7) is 3.39. The van der Waals surface area contributed by atoms with E-state index in [9.17, 15) is 23.1 Å². The van der Waals surface area contributed by atoms with Crippen LogP contribution in [0.2, 0.25) is 0 Å². The molecule has 2 N–H and O–H groups in total. The Balaban J connectivity index is 1.89. The number of hydrogen-bond donors (Lipinski definition) is 2. The topological polar surface area (TPSA) is 62.2 Å². The van der Waals surface area contributed by atoms with Crippen molar-refractivity contribution in [1.29, 1.82) is 0 Å². The van der Waals surface area contributed by atoms with Crippen LogP contribution in [0.25, 0.3) is 22.4 Å². The molecule has 0 unspecified atom stereocenters. The number of hydrogen-bond acceptors (Lipinski definition) is 3. The second-order valence-electron chi connectivity index (χ2n) is 6.20. The van der Waals surface area contributed by atoms with Gasteiger partial charge in [-0.2, -0.15) is 13.2 Å². The number of nitrogens with zero attached hydrogens (tertiary/aromatic N) is 1. The zero-order chi connectivity index (χ0) is 18.9. The van der Waals surface area contributed by atoms with Gasteiger partial charge >= 0.3 is 6.18 Å². The molecule has 0 radical (unpaired) electrons. The minimum atomic E-state index is -4.61. The molecular formula is C19H17F3N2O2. The number of aromatic hydroxyl groups is 1. The smallest absolute Gasteiger partial charge is 0.417 e. The van der Waals surface area contributed by atoms with Crippen LogP contribution in [0.5, 0.6) is 5.75 Å². The predicted molar refractivity (Wildman–Crippen MR) is 93.3 cm³/mol. The van der Waals surface area contributed by atoms with Crippen molar-refractivity contribution in [2.45, 2.75) is 19.0 Å². The van der Waals surface area contributed by atoms with Gasteiger partial charge in [0.25, 0.3) is 0 Å². The maximum Gasteiger partial charge on any atom is 0.417 e. The van der Waals surface area contributed by atoms with E-state index in [1.54, 1.807) is 12.1 Å². The first-order valence-corrected chi connectivity index (χ1v) is 8.10. The summed E-state index contributed by atoms with van der Waals surface area (Å²) in [6.07, 6.45) is 0.335. The standard InChI is InChI=1S/C19H17F3N2O2/c1-11(19(20,21)22)17-16-7-6-15(25)10-13(16)9-14(24-17)3-2-8-23-18(26)12-4-5-12/h2-3,6-7,9-10,12,25H,1,4-5,8H2,(H,23,26)/b3-2+. The number of phenols is 1. The Kier molecular flexibility index (Phi) is 4.71. The van der Waals surface area contributed by atoms with E-state index in [1.807, 2.05) is 0 Å². The molecule has 26 heavy (non-hydrogen) atoms. The Labute approximate surface area is 148 Å². The number of nitrogens with one attached hydrogen (secondary N) is 1. The van der Waals surface area contributed by atoms with Crippen molar-refractivity contribution in [3.8, 4) is 5.75 Å². The fourth-order valence-electron chi connectivity index (χ4n) is 2.54. The van der Waals surface area contributed by atoms with Crippen LogP contribution in [0, 0.1) is 5.92 Å². The highest BCUT2D eigenvalue weighted by Gasteiger charge is 2.35. The zero-order valence-corrected chi connectivity index (χ0v) is 13.8. The summed E-state index contributed by atoms with van der Waals surface area (Å²) < 4.78 is 39.3. The number of allylic oxidation sites excluding steroid dienone is 1. The van der Waals surface area contributed by atoms with Crippen LogP contribution in [0.3, 0.4) is 0 Å². The molecule has 1 aromatic carbocycles. The van der Waals surface area contributed by atoms with E-state index < -0.39 is 11.7 Å². The van der Waals surface area contributed by atoms with Crippen molar-refractivity contribution in [2.75, 3.05) is 6.54 Å². The summed E-state index contributed by atoms with van der Waals surface area (Å²) in [5, 5.41) is 13.0. The van der Waals surface area contributed by atoms with E-state index in [1.165, 1.54) is 24.3 Å². The minimum Gasteiger partial charge on any atom is -0.508 e. The number of carbonyl (C=O) groups excluding carboxylic acids is 1. The van der Waals surface area contributed by atoms with Gasteiger partial charge in [0.2, 0.25) is 5.91 Å². The molecule has 1 aliphatic rings. The van der Waals surface area contributed by atoms with Crippen molar-refractivity contribution in [3.63, 3.8) is 0 Å². The summed E-state index contributed by atoms with van der Waals surface area (Å²) in [7, 11) is 0. The summed E-state index contributed by atoms with van der Waals surface area (Å²) in [6, 6.07) is 5.63. The van der Waals surface area contributed by atoms with Crippen molar-refractivity contribution in [3.05, 3.63) is 48.3 Å². The lowest BCUT2D eigenvalue weighted by Gasteiger charge is -2.13. The molecule has 0 atom stereocenters. The lowest BCUT2D eigenvalue weighted by Crippen LogP contribution is -2.24. The summed E-state index contributed by atoms with van der Waals surface area (Å²) in [5.74, 6) is 0.0166. The Morgan fingerprint density at radius 2 is 2.08 bits per heavy atom. The normalized spacial score (nSPS) is 14.7. The number of pyridine rings is 1. The average molecular weight is 362 g/mol. The van der Waals surface area contributed by atoms with Gasteiger partial charge in [-0.25, -0.2) is 4.98 Å². The Hall–Kier alpha value is -2.83. The third-order valence-electron chi connectivity index (χ3n) is 4.09. The van der Waals surface area contributed by atoms with Gasteiger partial charge in [0, 0.05) is 17.8 Å². The predicted octanol–water partition coefficient (Wildman–Crippen LogP) is 4.06. The third-order valence-corrected chi connectivity index (χ3v) is 4.09. The van der Waals surface area contributed by atoms with E-state index in [0.717, 1.165) is 12.8 Å². The Morgan fingerprint density at radius 1 is 1.35 bits per heavy atom. The molecule has 3 rings (SSSR count). The molecule has 7 heteroatoms. The summed E-state index contributed by atoms with van der Waals surface area (Å²) >= 11 is 0. The lowest BCUT2D eigenvalue weighted by molar-refractivity contribution is -0.122. The minimum absolute atomic E-state index is 0.0165. The number of alkyl halides is 3. The molecule has 1 aliphatic carbocycles. The van der Waals surface area contributed by atoms with Crippen LogP contribution in [0.1, 0.15) is 24.2 Å². The van der Waals surface area contributed by atoms with Crippen LogP contribution >= 0.6 is 0 Å². The number of phenolic OH excluding ortho intramolecular Hbond substituents is 1. The molecule has 0 saturated heterocycles. The van der Waals surface area contributed by atoms with Gasteiger partial charge in [0.1, 0.15) is 5.75 Å². The van der Waals surface area contributed by atoms with Gasteiger partial charge in [0.05, 0.1) is 17.0 Å². The van der Waals surface area contributed by atoms with Crippen LogP contribution in [-0.4, -0.2) is 28.7 Å². The van der Waals surface area contributed by atoms with Gasteiger partial charge in [-0.15, -0.1) is 0 Å². The molecule has 0 spiro atoms. The van der Waals surface area contributed by atoms with Crippen molar-refractivity contribution in [1.82, 2.24) is 10.3 Å². The van der Waals surface area contributed by atoms with Crippen molar-refractivity contribution in [2.24, 2.45) is 5.92 Å². The summed E-state index contributed by atoms with van der Waals surface area (Å²) in [4.78, 5) is 15.6. The average Bonchev–Trinajstić information content (AvgIpc) is 3.41. The van der Waals surface area contributed by atoms with Gasteiger partial charge in [-0.1, -0.05) is 12.7 Å². The van der Waals surface area contributed by atoms with E-state index in [2.05, 4.69) is 16.9 Å². The van der Waals surface area contributed by atoms with Gasteiger partial charge in [-0.3, -0.25) is 4.79 Å². The van der Waals surface area contributed by atoms with Crippen molar-refractivity contribution >= 4 is 28.3 Å². The highest BCUT2D eigenvalue weighted by Crippen LogP contribution is 2.36. The number of aromatic nitrogens is 1. The fraction of sp³-hybridized carbons (Fsp3) is 0.263. The van der Waals surface area contributed by atoms with Crippen LogP contribution in [0.15, 0.2) is 36.9 Å². The van der Waals surface area contributed by atoms with E-state index in [4.69, 9.17) is 0 Å². The molecule has 2 aromatic rings. The first-order chi connectivity index (χ1) is 12.3. The number of carbonyl (C=O) groups is 1. The Bertz CT molecular complexity index is 900. The maximum absolute atomic E-state index is 13.1. The molecule has 1 aromatic heterocycles. The molecule has 4 nitrogen and oxygen atoms in total. The molecule has 136 valence electrons.